The van der Waals surface area contributed by atoms with E-state index in [4.69, 9.17) is 22.8 Å². The van der Waals surface area contributed by atoms with Crippen LogP contribution in [-0.4, -0.2) is 29.6 Å². The van der Waals surface area contributed by atoms with E-state index in [0.717, 1.165) is 11.3 Å². The first-order chi connectivity index (χ1) is 13.3. The van der Waals surface area contributed by atoms with Crippen molar-refractivity contribution in [3.05, 3.63) is 48.4 Å². The summed E-state index contributed by atoms with van der Waals surface area (Å²) in [6, 6.07) is 10.8. The van der Waals surface area contributed by atoms with Crippen LogP contribution in [0.5, 0.6) is 11.5 Å². The smallest absolute Gasteiger partial charge is 0.277 e. The first kappa shape index (κ1) is 17.2. The fraction of sp³-hybridized carbons (Fsp3) is 0.167. The third-order valence-electron chi connectivity index (χ3n) is 3.70. The van der Waals surface area contributed by atoms with Crippen molar-refractivity contribution in [3.63, 3.8) is 0 Å². The van der Waals surface area contributed by atoms with E-state index in [1.165, 1.54) is 11.8 Å². The molecule has 0 N–H and O–H groups in total. The number of benzene rings is 1. The number of rotatable bonds is 7. The van der Waals surface area contributed by atoms with Crippen LogP contribution in [0.1, 0.15) is 5.69 Å². The Morgan fingerprint density at radius 1 is 1.00 bits per heavy atom. The van der Waals surface area contributed by atoms with E-state index in [1.807, 2.05) is 18.2 Å². The number of methoxy groups -OCH3 is 2. The molecular weight excluding hydrogens is 370 g/mol. The molecule has 0 bridgehead atoms. The number of nitrogens with zero attached hydrogens (tertiary/aromatic N) is 3. The molecule has 0 atom stereocenters. The molecule has 0 fully saturated rings. The largest absolute Gasteiger partial charge is 0.493 e. The van der Waals surface area contributed by atoms with Crippen molar-refractivity contribution >= 4 is 11.8 Å². The number of ether oxygens (including phenoxy) is 2. The summed E-state index contributed by atoms with van der Waals surface area (Å²) in [6.07, 6.45) is 1.58. The maximum Gasteiger partial charge on any atom is 0.277 e. The van der Waals surface area contributed by atoms with E-state index >= 15 is 0 Å². The fourth-order valence-electron chi connectivity index (χ4n) is 2.40. The molecular formula is C18H15N3O5S. The Bertz CT molecular complexity index is 1030. The Morgan fingerprint density at radius 3 is 2.67 bits per heavy atom. The van der Waals surface area contributed by atoms with Crippen LogP contribution in [-0.2, 0) is 5.75 Å². The highest BCUT2D eigenvalue weighted by atomic mass is 32.2. The highest BCUT2D eigenvalue weighted by Gasteiger charge is 2.14. The van der Waals surface area contributed by atoms with Crippen LogP contribution >= 0.6 is 11.8 Å². The zero-order chi connectivity index (χ0) is 18.6. The van der Waals surface area contributed by atoms with Crippen molar-refractivity contribution in [1.82, 2.24) is 15.4 Å². The average molecular weight is 385 g/mol. The van der Waals surface area contributed by atoms with Gasteiger partial charge in [-0.3, -0.25) is 0 Å². The Labute approximate surface area is 158 Å². The third-order valence-corrected chi connectivity index (χ3v) is 4.56. The van der Waals surface area contributed by atoms with E-state index in [2.05, 4.69) is 15.4 Å². The number of furan rings is 1. The van der Waals surface area contributed by atoms with Gasteiger partial charge in [-0.15, -0.1) is 10.2 Å². The molecule has 4 rings (SSSR count). The molecule has 138 valence electrons. The van der Waals surface area contributed by atoms with Gasteiger partial charge in [0.2, 0.25) is 11.7 Å². The lowest BCUT2D eigenvalue weighted by Gasteiger charge is -2.07. The van der Waals surface area contributed by atoms with Crippen molar-refractivity contribution in [1.29, 1.82) is 0 Å². The summed E-state index contributed by atoms with van der Waals surface area (Å²) < 4.78 is 26.8. The second kappa shape index (κ2) is 7.58. The normalized spacial score (nSPS) is 10.9. The molecule has 0 radical (unpaired) electrons. The molecule has 0 saturated carbocycles. The van der Waals surface area contributed by atoms with Gasteiger partial charge in [-0.2, -0.15) is 0 Å². The monoisotopic (exact) mass is 385 g/mol. The van der Waals surface area contributed by atoms with Crippen LogP contribution in [0.4, 0.5) is 0 Å². The lowest BCUT2D eigenvalue weighted by atomic mass is 10.2. The van der Waals surface area contributed by atoms with Gasteiger partial charge in [-0.05, 0) is 30.3 Å². The standard InChI is InChI=1S/C18H15N3O5S/c1-22-13-6-5-11(8-15(13)23-2)17-19-20-18(25-17)27-10-12-9-16(26-21-12)14-4-3-7-24-14/h3-9H,10H2,1-2H3. The molecule has 8 nitrogen and oxygen atoms in total. The van der Waals surface area contributed by atoms with Gasteiger partial charge in [0.25, 0.3) is 5.22 Å². The van der Waals surface area contributed by atoms with Gasteiger partial charge in [0, 0.05) is 17.4 Å². The molecule has 1 aromatic carbocycles. The van der Waals surface area contributed by atoms with Gasteiger partial charge in [0.05, 0.1) is 26.2 Å². The Kier molecular flexibility index (Phi) is 4.84. The van der Waals surface area contributed by atoms with Crippen molar-refractivity contribution < 1.29 is 22.8 Å². The van der Waals surface area contributed by atoms with Crippen molar-refractivity contribution in [3.8, 4) is 34.5 Å². The van der Waals surface area contributed by atoms with Crippen LogP contribution in [0, 0.1) is 0 Å². The maximum absolute atomic E-state index is 5.71. The number of aromatic nitrogens is 3. The molecule has 0 amide bonds. The Balaban J connectivity index is 1.44. The molecule has 0 spiro atoms. The number of hydrogen-bond donors (Lipinski definition) is 0. The zero-order valence-electron chi connectivity index (χ0n) is 14.5. The van der Waals surface area contributed by atoms with Gasteiger partial charge in [-0.25, -0.2) is 0 Å². The Morgan fingerprint density at radius 2 is 1.89 bits per heavy atom. The summed E-state index contributed by atoms with van der Waals surface area (Å²) in [5.74, 6) is 3.36. The summed E-state index contributed by atoms with van der Waals surface area (Å²) in [4.78, 5) is 0. The van der Waals surface area contributed by atoms with Crippen molar-refractivity contribution in [2.24, 2.45) is 0 Å². The SMILES string of the molecule is COc1ccc(-c2nnc(SCc3cc(-c4ccco4)on3)o2)cc1OC. The van der Waals surface area contributed by atoms with Gasteiger partial charge >= 0.3 is 0 Å². The molecule has 4 aromatic rings. The highest BCUT2D eigenvalue weighted by Crippen LogP contribution is 2.33. The van der Waals surface area contributed by atoms with E-state index in [0.29, 0.717) is 39.9 Å². The van der Waals surface area contributed by atoms with Gasteiger partial charge in [0.1, 0.15) is 0 Å². The Hall–Kier alpha value is -3.20. The van der Waals surface area contributed by atoms with E-state index in [1.54, 1.807) is 38.7 Å². The van der Waals surface area contributed by atoms with Crippen molar-refractivity contribution in [2.75, 3.05) is 14.2 Å². The number of hydrogen-bond acceptors (Lipinski definition) is 9. The van der Waals surface area contributed by atoms with Crippen LogP contribution in [0.25, 0.3) is 23.0 Å². The van der Waals surface area contributed by atoms with Crippen LogP contribution < -0.4 is 9.47 Å². The second-order valence-electron chi connectivity index (χ2n) is 5.39. The minimum absolute atomic E-state index is 0.398. The lowest BCUT2D eigenvalue weighted by molar-refractivity contribution is 0.355. The van der Waals surface area contributed by atoms with Gasteiger partial charge < -0.3 is 22.8 Å². The van der Waals surface area contributed by atoms with Gasteiger partial charge in [-0.1, -0.05) is 16.9 Å². The molecule has 27 heavy (non-hydrogen) atoms. The van der Waals surface area contributed by atoms with Crippen LogP contribution in [0.15, 0.2) is 61.2 Å². The summed E-state index contributed by atoms with van der Waals surface area (Å²) in [6.45, 7) is 0. The molecule has 3 heterocycles. The fourth-order valence-corrected chi connectivity index (χ4v) is 3.05. The predicted octanol–water partition coefficient (Wildman–Crippen LogP) is 4.29. The van der Waals surface area contributed by atoms with Crippen LogP contribution in [0.2, 0.25) is 0 Å². The molecule has 9 heteroatoms. The van der Waals surface area contributed by atoms with E-state index in [9.17, 15) is 0 Å². The van der Waals surface area contributed by atoms with E-state index < -0.39 is 0 Å². The van der Waals surface area contributed by atoms with Gasteiger partial charge in [0.15, 0.2) is 17.3 Å². The van der Waals surface area contributed by atoms with Crippen LogP contribution in [0.3, 0.4) is 0 Å². The molecule has 0 aliphatic heterocycles. The molecule has 0 aliphatic rings. The van der Waals surface area contributed by atoms with Crippen molar-refractivity contribution in [2.45, 2.75) is 11.0 Å². The molecule has 0 aliphatic carbocycles. The first-order valence-electron chi connectivity index (χ1n) is 7.95. The predicted molar refractivity (Wildman–Crippen MR) is 96.6 cm³/mol. The lowest BCUT2D eigenvalue weighted by Crippen LogP contribution is -1.90. The molecule has 3 aromatic heterocycles. The quantitative estimate of drug-likeness (QED) is 0.431. The average Bonchev–Trinajstić information content (AvgIpc) is 3.46. The second-order valence-corrected chi connectivity index (χ2v) is 6.32. The minimum Gasteiger partial charge on any atom is -0.493 e. The summed E-state index contributed by atoms with van der Waals surface area (Å²) in [5.41, 5.74) is 1.49. The third kappa shape index (κ3) is 3.68. The summed E-state index contributed by atoms with van der Waals surface area (Å²) in [5, 5.41) is 12.6. The number of thioether (sulfide) groups is 1. The first-order valence-corrected chi connectivity index (χ1v) is 8.93. The zero-order valence-corrected chi connectivity index (χ0v) is 15.4. The highest BCUT2D eigenvalue weighted by molar-refractivity contribution is 7.98. The summed E-state index contributed by atoms with van der Waals surface area (Å²) in [7, 11) is 3.16. The van der Waals surface area contributed by atoms with E-state index in [-0.39, 0.29) is 0 Å². The maximum atomic E-state index is 5.71. The molecule has 0 unspecified atom stereocenters. The molecule has 0 saturated heterocycles. The minimum atomic E-state index is 0.398. The summed E-state index contributed by atoms with van der Waals surface area (Å²) >= 11 is 1.37. The topological polar surface area (TPSA) is 96.6 Å².